The largest absolute Gasteiger partial charge is 0.179 e. The van der Waals surface area contributed by atoms with Crippen molar-refractivity contribution in [3.63, 3.8) is 0 Å². The molecule has 0 amide bonds. The van der Waals surface area contributed by atoms with E-state index in [2.05, 4.69) is 45.5 Å². The van der Waals surface area contributed by atoms with Crippen LogP contribution in [0.1, 0.15) is 48.4 Å². The second kappa shape index (κ2) is 7.01. The van der Waals surface area contributed by atoms with Gasteiger partial charge in [0.2, 0.25) is 0 Å². The molecule has 0 saturated carbocycles. The van der Waals surface area contributed by atoms with Gasteiger partial charge in [0.1, 0.15) is 0 Å². The fourth-order valence-electron chi connectivity index (χ4n) is 2.31. The molecule has 0 heterocycles. The molecular weight excluding hydrogens is 212 g/mol. The minimum atomic E-state index is 0.941. The molecule has 1 aromatic carbocycles. The van der Waals surface area contributed by atoms with Gasteiger partial charge in [-0.3, -0.25) is 0 Å². The average molecular weight is 236 g/mol. The normalized spacial score (nSPS) is 10.8. The molecule has 0 unspecified atom stereocenters. The van der Waals surface area contributed by atoms with E-state index >= 15 is 0 Å². The summed E-state index contributed by atoms with van der Waals surface area (Å²) >= 11 is 4.32. The van der Waals surface area contributed by atoms with E-state index < -0.39 is 0 Å². The summed E-state index contributed by atoms with van der Waals surface area (Å²) in [4.78, 5) is 0. The van der Waals surface area contributed by atoms with Crippen molar-refractivity contribution >= 4 is 12.6 Å². The fraction of sp³-hybridized carbons (Fsp3) is 0.600. The van der Waals surface area contributed by atoms with Crippen LogP contribution in [0.3, 0.4) is 0 Å². The average Bonchev–Trinajstić information content (AvgIpc) is 2.24. The summed E-state index contributed by atoms with van der Waals surface area (Å²) in [6, 6.07) is 4.73. The van der Waals surface area contributed by atoms with Gasteiger partial charge in [-0.1, -0.05) is 31.9 Å². The van der Waals surface area contributed by atoms with Crippen molar-refractivity contribution in [3.05, 3.63) is 34.4 Å². The molecule has 16 heavy (non-hydrogen) atoms. The molecule has 0 bridgehead atoms. The van der Waals surface area contributed by atoms with Gasteiger partial charge < -0.3 is 0 Å². The van der Waals surface area contributed by atoms with Gasteiger partial charge in [-0.2, -0.15) is 12.6 Å². The Labute approximate surface area is 106 Å². The number of aryl methyl sites for hydroxylation is 3. The minimum Gasteiger partial charge on any atom is -0.179 e. The quantitative estimate of drug-likeness (QED) is 0.545. The Bertz CT molecular complexity index is 305. The highest BCUT2D eigenvalue weighted by molar-refractivity contribution is 7.80. The zero-order valence-corrected chi connectivity index (χ0v) is 11.7. The van der Waals surface area contributed by atoms with E-state index in [4.69, 9.17) is 0 Å². The Morgan fingerprint density at radius 2 is 1.62 bits per heavy atom. The van der Waals surface area contributed by atoms with Crippen molar-refractivity contribution in [2.24, 2.45) is 0 Å². The molecule has 1 heteroatoms. The van der Waals surface area contributed by atoms with Crippen LogP contribution in [-0.2, 0) is 12.8 Å². The van der Waals surface area contributed by atoms with Crippen molar-refractivity contribution in [1.29, 1.82) is 0 Å². The molecule has 1 rings (SSSR count). The number of thiol groups is 1. The molecule has 0 radical (unpaired) electrons. The fourth-order valence-corrected chi connectivity index (χ4v) is 2.54. The predicted molar refractivity (Wildman–Crippen MR) is 76.7 cm³/mol. The van der Waals surface area contributed by atoms with Crippen LogP contribution < -0.4 is 0 Å². The zero-order valence-electron chi connectivity index (χ0n) is 10.8. The first kappa shape index (κ1) is 13.6. The molecule has 0 atom stereocenters. The molecule has 1 aromatic rings. The van der Waals surface area contributed by atoms with Gasteiger partial charge in [0.25, 0.3) is 0 Å². The summed E-state index contributed by atoms with van der Waals surface area (Å²) in [5, 5.41) is 0. The first-order chi connectivity index (χ1) is 7.69. The lowest BCUT2D eigenvalue weighted by atomic mass is 9.95. The molecule has 0 N–H and O–H groups in total. The van der Waals surface area contributed by atoms with Crippen LogP contribution in [0, 0.1) is 13.8 Å². The predicted octanol–water partition coefficient (Wildman–Crippen LogP) is 4.51. The van der Waals surface area contributed by atoms with Crippen LogP contribution in [0.2, 0.25) is 0 Å². The van der Waals surface area contributed by atoms with Crippen LogP contribution >= 0.6 is 12.6 Å². The molecule has 0 aliphatic heterocycles. The Hall–Kier alpha value is -0.430. The van der Waals surface area contributed by atoms with E-state index in [-0.39, 0.29) is 0 Å². The van der Waals surface area contributed by atoms with Gasteiger partial charge >= 0.3 is 0 Å². The summed E-state index contributed by atoms with van der Waals surface area (Å²) < 4.78 is 0. The second-order valence-electron chi connectivity index (χ2n) is 4.64. The number of unbranched alkanes of at least 4 members (excludes halogenated alkanes) is 2. The molecule has 0 aliphatic rings. The van der Waals surface area contributed by atoms with Gasteiger partial charge in [0.05, 0.1) is 0 Å². The topological polar surface area (TPSA) is 0 Å². The Morgan fingerprint density at radius 1 is 1.00 bits per heavy atom. The number of rotatable bonds is 6. The summed E-state index contributed by atoms with van der Waals surface area (Å²) in [5.41, 5.74) is 5.89. The molecule has 0 aliphatic carbocycles. The van der Waals surface area contributed by atoms with Crippen molar-refractivity contribution < 1.29 is 0 Å². The third kappa shape index (κ3) is 3.86. The first-order valence-corrected chi connectivity index (χ1v) is 7.02. The lowest BCUT2D eigenvalue weighted by Gasteiger charge is -2.11. The smallest absolute Gasteiger partial charge is 0.00572 e. The van der Waals surface area contributed by atoms with Crippen molar-refractivity contribution in [1.82, 2.24) is 0 Å². The SMILES string of the molecule is CCCCCc1cc(C)c(CCS)c(C)c1. The van der Waals surface area contributed by atoms with Crippen LogP contribution in [-0.4, -0.2) is 5.75 Å². The van der Waals surface area contributed by atoms with Gasteiger partial charge in [-0.15, -0.1) is 0 Å². The lowest BCUT2D eigenvalue weighted by Crippen LogP contribution is -1.98. The zero-order chi connectivity index (χ0) is 12.0. The first-order valence-electron chi connectivity index (χ1n) is 6.39. The highest BCUT2D eigenvalue weighted by Gasteiger charge is 2.04. The third-order valence-electron chi connectivity index (χ3n) is 3.19. The summed E-state index contributed by atoms with van der Waals surface area (Å²) in [6.07, 6.45) is 6.29. The van der Waals surface area contributed by atoms with E-state index in [0.717, 1.165) is 12.2 Å². The van der Waals surface area contributed by atoms with E-state index in [9.17, 15) is 0 Å². The van der Waals surface area contributed by atoms with Gasteiger partial charge in [-0.25, -0.2) is 0 Å². The summed E-state index contributed by atoms with van der Waals surface area (Å²) in [6.45, 7) is 6.72. The highest BCUT2D eigenvalue weighted by atomic mass is 32.1. The van der Waals surface area contributed by atoms with E-state index in [1.807, 2.05) is 0 Å². The molecule has 0 aromatic heterocycles. The van der Waals surface area contributed by atoms with E-state index in [1.165, 1.54) is 47.9 Å². The lowest BCUT2D eigenvalue weighted by molar-refractivity contribution is 0.716. The van der Waals surface area contributed by atoms with Gasteiger partial charge in [0, 0.05) is 0 Å². The minimum absolute atomic E-state index is 0.941. The maximum atomic E-state index is 4.32. The number of benzene rings is 1. The van der Waals surface area contributed by atoms with E-state index in [1.54, 1.807) is 0 Å². The Kier molecular flexibility index (Phi) is 5.97. The molecule has 0 saturated heterocycles. The molecule has 90 valence electrons. The van der Waals surface area contributed by atoms with Crippen molar-refractivity contribution in [2.75, 3.05) is 5.75 Å². The molecular formula is C15H24S. The monoisotopic (exact) mass is 236 g/mol. The van der Waals surface area contributed by atoms with Crippen molar-refractivity contribution in [2.45, 2.75) is 52.9 Å². The number of hydrogen-bond acceptors (Lipinski definition) is 1. The third-order valence-corrected chi connectivity index (χ3v) is 3.41. The van der Waals surface area contributed by atoms with Gasteiger partial charge in [-0.05, 0) is 61.1 Å². The Morgan fingerprint density at radius 3 is 2.12 bits per heavy atom. The maximum Gasteiger partial charge on any atom is -0.00572 e. The molecule has 0 fully saturated rings. The summed E-state index contributed by atoms with van der Waals surface area (Å²) in [7, 11) is 0. The van der Waals surface area contributed by atoms with Crippen molar-refractivity contribution in [3.8, 4) is 0 Å². The van der Waals surface area contributed by atoms with Gasteiger partial charge in [0.15, 0.2) is 0 Å². The number of hydrogen-bond donors (Lipinski definition) is 1. The van der Waals surface area contributed by atoms with Crippen LogP contribution in [0.5, 0.6) is 0 Å². The van der Waals surface area contributed by atoms with E-state index in [0.29, 0.717) is 0 Å². The van der Waals surface area contributed by atoms with Crippen LogP contribution in [0.15, 0.2) is 12.1 Å². The van der Waals surface area contributed by atoms with Crippen LogP contribution in [0.4, 0.5) is 0 Å². The standard InChI is InChI=1S/C15H24S/c1-4-5-6-7-14-10-12(2)15(8-9-16)13(3)11-14/h10-11,16H,4-9H2,1-3H3. The maximum absolute atomic E-state index is 4.32. The second-order valence-corrected chi connectivity index (χ2v) is 5.09. The summed E-state index contributed by atoms with van der Waals surface area (Å²) in [5.74, 6) is 0.941. The molecule has 0 spiro atoms. The molecule has 0 nitrogen and oxygen atoms in total. The Balaban J connectivity index is 2.75. The highest BCUT2D eigenvalue weighted by Crippen LogP contribution is 2.19. The van der Waals surface area contributed by atoms with Crippen LogP contribution in [0.25, 0.3) is 0 Å².